The van der Waals surface area contributed by atoms with Gasteiger partial charge in [0.25, 0.3) is 0 Å². The predicted octanol–water partition coefficient (Wildman–Crippen LogP) is 9.44. The van der Waals surface area contributed by atoms with Crippen LogP contribution in [-0.4, -0.2) is 14.8 Å². The summed E-state index contributed by atoms with van der Waals surface area (Å²) in [6, 6.07) is 16.5. The van der Waals surface area contributed by atoms with Gasteiger partial charge in [-0.3, -0.25) is 0 Å². The Morgan fingerprint density at radius 3 is 1.85 bits per heavy atom. The molecule has 4 heteroatoms. The van der Waals surface area contributed by atoms with Gasteiger partial charge in [0.05, 0.1) is 5.02 Å². The first kappa shape index (κ1) is 26.5. The first-order valence-corrected chi connectivity index (χ1v) is 13.8. The number of nitrogens with zero attached hydrogens (tertiary/aromatic N) is 3. The molecule has 0 saturated carbocycles. The fraction of sp³-hybridized carbons (Fsp3) is 0.533. The van der Waals surface area contributed by atoms with Crippen LogP contribution in [0.2, 0.25) is 5.02 Å². The van der Waals surface area contributed by atoms with E-state index in [9.17, 15) is 0 Å². The predicted molar refractivity (Wildman–Crippen MR) is 146 cm³/mol. The molecule has 0 unspecified atom stereocenters. The Hall–Kier alpha value is -2.13. The van der Waals surface area contributed by atoms with Gasteiger partial charge in [-0.2, -0.15) is 5.10 Å². The minimum absolute atomic E-state index is 0.666. The van der Waals surface area contributed by atoms with Crippen molar-refractivity contribution in [1.29, 1.82) is 0 Å². The first-order chi connectivity index (χ1) is 16.7. The standard InChI is InChI=1S/C30H42ClN3/c1-3-4-5-6-7-8-9-10-11-12-13-14-15-18-25-21-23-26(24-22-25)30-32-29(33-34(30)2)27-19-16-17-20-28(27)31/h16-17,19-24H,3-15,18H2,1-2H3. The van der Waals surface area contributed by atoms with Gasteiger partial charge in [0.2, 0.25) is 0 Å². The fourth-order valence-corrected chi connectivity index (χ4v) is 4.78. The van der Waals surface area contributed by atoms with Crippen molar-refractivity contribution in [3.05, 3.63) is 59.1 Å². The quantitative estimate of drug-likeness (QED) is 0.191. The Morgan fingerprint density at radius 1 is 0.706 bits per heavy atom. The molecule has 2 aromatic carbocycles. The molecular weight excluding hydrogens is 438 g/mol. The highest BCUT2D eigenvalue weighted by atomic mass is 35.5. The maximum absolute atomic E-state index is 6.33. The molecule has 34 heavy (non-hydrogen) atoms. The van der Waals surface area contributed by atoms with E-state index in [2.05, 4.69) is 36.3 Å². The van der Waals surface area contributed by atoms with Crippen LogP contribution in [0.5, 0.6) is 0 Å². The van der Waals surface area contributed by atoms with E-state index in [1.54, 1.807) is 0 Å². The lowest BCUT2D eigenvalue weighted by molar-refractivity contribution is 0.539. The van der Waals surface area contributed by atoms with Crippen LogP contribution in [-0.2, 0) is 13.5 Å². The smallest absolute Gasteiger partial charge is 0.183 e. The molecule has 184 valence electrons. The number of aromatic nitrogens is 3. The minimum atomic E-state index is 0.666. The van der Waals surface area contributed by atoms with Crippen molar-refractivity contribution in [3.8, 4) is 22.8 Å². The number of rotatable bonds is 16. The Balaban J connectivity index is 1.33. The highest BCUT2D eigenvalue weighted by Gasteiger charge is 2.13. The topological polar surface area (TPSA) is 30.7 Å². The largest absolute Gasteiger partial charge is 0.248 e. The van der Waals surface area contributed by atoms with E-state index < -0.39 is 0 Å². The van der Waals surface area contributed by atoms with Crippen LogP contribution < -0.4 is 0 Å². The van der Waals surface area contributed by atoms with Gasteiger partial charge in [-0.1, -0.05) is 132 Å². The van der Waals surface area contributed by atoms with Crippen molar-refractivity contribution in [1.82, 2.24) is 14.8 Å². The van der Waals surface area contributed by atoms with E-state index in [1.807, 2.05) is 36.0 Å². The van der Waals surface area contributed by atoms with Crippen molar-refractivity contribution in [2.24, 2.45) is 7.05 Å². The highest BCUT2D eigenvalue weighted by Crippen LogP contribution is 2.27. The fourth-order valence-electron chi connectivity index (χ4n) is 4.56. The van der Waals surface area contributed by atoms with Gasteiger partial charge in [0, 0.05) is 18.2 Å². The average Bonchev–Trinajstić information content (AvgIpc) is 3.24. The second-order valence-electron chi connectivity index (χ2n) is 9.55. The Kier molecular flexibility index (Phi) is 11.7. The molecule has 0 radical (unpaired) electrons. The van der Waals surface area contributed by atoms with Crippen molar-refractivity contribution in [2.45, 2.75) is 96.8 Å². The lowest BCUT2D eigenvalue weighted by Gasteiger charge is -2.05. The molecule has 0 atom stereocenters. The molecule has 0 spiro atoms. The normalized spacial score (nSPS) is 11.3. The van der Waals surface area contributed by atoms with Crippen LogP contribution >= 0.6 is 11.6 Å². The van der Waals surface area contributed by atoms with E-state index in [0.717, 1.165) is 23.4 Å². The molecule has 0 bridgehead atoms. The zero-order valence-corrected chi connectivity index (χ0v) is 22.0. The number of aryl methyl sites for hydroxylation is 2. The summed E-state index contributed by atoms with van der Waals surface area (Å²) < 4.78 is 1.83. The zero-order valence-electron chi connectivity index (χ0n) is 21.2. The molecular formula is C30H42ClN3. The molecule has 1 heterocycles. The zero-order chi connectivity index (χ0) is 24.0. The summed E-state index contributed by atoms with van der Waals surface area (Å²) in [7, 11) is 1.93. The molecule has 0 aliphatic heterocycles. The van der Waals surface area contributed by atoms with E-state index in [4.69, 9.17) is 16.6 Å². The highest BCUT2D eigenvalue weighted by molar-refractivity contribution is 6.33. The van der Waals surface area contributed by atoms with Crippen LogP contribution in [0, 0.1) is 0 Å². The Bertz CT molecular complexity index is 961. The van der Waals surface area contributed by atoms with Gasteiger partial charge in [-0.05, 0) is 30.5 Å². The van der Waals surface area contributed by atoms with Gasteiger partial charge in [0.1, 0.15) is 0 Å². The van der Waals surface area contributed by atoms with Crippen LogP contribution in [0.15, 0.2) is 48.5 Å². The summed E-state index contributed by atoms with van der Waals surface area (Å²) >= 11 is 6.33. The van der Waals surface area contributed by atoms with Gasteiger partial charge >= 0.3 is 0 Å². The second kappa shape index (κ2) is 15.0. The summed E-state index contributed by atoms with van der Waals surface area (Å²) in [4.78, 5) is 4.75. The number of benzene rings is 2. The maximum Gasteiger partial charge on any atom is 0.183 e. The molecule has 0 N–H and O–H groups in total. The molecule has 3 aromatic rings. The van der Waals surface area contributed by atoms with Crippen LogP contribution in [0.4, 0.5) is 0 Å². The van der Waals surface area contributed by atoms with Gasteiger partial charge < -0.3 is 0 Å². The SMILES string of the molecule is CCCCCCCCCCCCCCCc1ccc(-c2nc(-c3ccccc3Cl)nn2C)cc1. The molecule has 0 aliphatic rings. The molecule has 3 rings (SSSR count). The number of hydrogen-bond donors (Lipinski definition) is 0. The third-order valence-electron chi connectivity index (χ3n) is 6.66. The summed E-state index contributed by atoms with van der Waals surface area (Å²) in [6.45, 7) is 2.29. The molecule has 0 fully saturated rings. The Morgan fingerprint density at radius 2 is 1.26 bits per heavy atom. The Labute approximate surface area is 212 Å². The molecule has 1 aromatic heterocycles. The van der Waals surface area contributed by atoms with E-state index in [-0.39, 0.29) is 0 Å². The summed E-state index contributed by atoms with van der Waals surface area (Å²) in [5.41, 5.74) is 3.35. The third kappa shape index (κ3) is 8.58. The molecule has 0 amide bonds. The molecule has 3 nitrogen and oxygen atoms in total. The summed E-state index contributed by atoms with van der Waals surface area (Å²) in [6.07, 6.45) is 19.3. The van der Waals surface area contributed by atoms with Crippen LogP contribution in [0.25, 0.3) is 22.8 Å². The first-order valence-electron chi connectivity index (χ1n) is 13.4. The van der Waals surface area contributed by atoms with Crippen molar-refractivity contribution in [2.75, 3.05) is 0 Å². The van der Waals surface area contributed by atoms with Crippen LogP contribution in [0.3, 0.4) is 0 Å². The van der Waals surface area contributed by atoms with Gasteiger partial charge in [-0.15, -0.1) is 0 Å². The number of hydrogen-bond acceptors (Lipinski definition) is 2. The summed E-state index contributed by atoms with van der Waals surface area (Å²) in [5.74, 6) is 1.53. The van der Waals surface area contributed by atoms with Gasteiger partial charge in [0.15, 0.2) is 11.6 Å². The molecule has 0 saturated heterocycles. The lowest BCUT2D eigenvalue weighted by atomic mass is 10.0. The lowest BCUT2D eigenvalue weighted by Crippen LogP contribution is -1.95. The van der Waals surface area contributed by atoms with Gasteiger partial charge in [-0.25, -0.2) is 9.67 Å². The van der Waals surface area contributed by atoms with E-state index in [0.29, 0.717) is 10.8 Å². The van der Waals surface area contributed by atoms with E-state index in [1.165, 1.54) is 89.0 Å². The van der Waals surface area contributed by atoms with Crippen molar-refractivity contribution < 1.29 is 0 Å². The second-order valence-corrected chi connectivity index (χ2v) is 9.96. The third-order valence-corrected chi connectivity index (χ3v) is 6.99. The maximum atomic E-state index is 6.33. The molecule has 0 aliphatic carbocycles. The number of halogens is 1. The van der Waals surface area contributed by atoms with Crippen molar-refractivity contribution >= 4 is 11.6 Å². The minimum Gasteiger partial charge on any atom is -0.248 e. The van der Waals surface area contributed by atoms with Crippen molar-refractivity contribution in [3.63, 3.8) is 0 Å². The monoisotopic (exact) mass is 479 g/mol. The number of unbranched alkanes of at least 4 members (excludes halogenated alkanes) is 12. The van der Waals surface area contributed by atoms with Crippen LogP contribution in [0.1, 0.15) is 96.0 Å². The summed E-state index contributed by atoms with van der Waals surface area (Å²) in [5, 5.41) is 5.25. The average molecular weight is 480 g/mol. The van der Waals surface area contributed by atoms with E-state index >= 15 is 0 Å².